The summed E-state index contributed by atoms with van der Waals surface area (Å²) in [5.74, 6) is 1.67. The van der Waals surface area contributed by atoms with Crippen LogP contribution in [0.2, 0.25) is 0 Å². The Bertz CT molecular complexity index is 207. The van der Waals surface area contributed by atoms with Crippen molar-refractivity contribution in [2.75, 3.05) is 0 Å². The second kappa shape index (κ2) is 4.84. The van der Waals surface area contributed by atoms with Crippen molar-refractivity contribution in [3.05, 3.63) is 0 Å². The van der Waals surface area contributed by atoms with Crippen molar-refractivity contribution >= 4 is 0 Å². The molecule has 0 aliphatic heterocycles. The molecule has 3 unspecified atom stereocenters. The lowest BCUT2D eigenvalue weighted by Crippen LogP contribution is -2.47. The van der Waals surface area contributed by atoms with Crippen molar-refractivity contribution in [3.8, 4) is 0 Å². The van der Waals surface area contributed by atoms with Crippen LogP contribution in [0.3, 0.4) is 0 Å². The van der Waals surface area contributed by atoms with Gasteiger partial charge < -0.3 is 10.4 Å². The Kier molecular flexibility index (Phi) is 3.68. The molecule has 2 rings (SSSR count). The highest BCUT2D eigenvalue weighted by Crippen LogP contribution is 2.30. The van der Waals surface area contributed by atoms with Crippen LogP contribution in [0.5, 0.6) is 0 Å². The van der Waals surface area contributed by atoms with Crippen LogP contribution in [0.15, 0.2) is 0 Å². The number of aliphatic hydroxyl groups is 1. The van der Waals surface area contributed by atoms with Crippen molar-refractivity contribution in [2.24, 2.45) is 11.8 Å². The van der Waals surface area contributed by atoms with Gasteiger partial charge in [-0.05, 0) is 50.4 Å². The average molecular weight is 211 g/mol. The fourth-order valence-corrected chi connectivity index (χ4v) is 3.32. The second-order valence-corrected chi connectivity index (χ2v) is 5.77. The maximum absolute atomic E-state index is 9.80. The minimum atomic E-state index is -0.0865. The molecule has 0 aromatic rings. The Morgan fingerprint density at radius 3 is 2.40 bits per heavy atom. The molecule has 5 atom stereocenters. The quantitative estimate of drug-likeness (QED) is 0.734. The summed E-state index contributed by atoms with van der Waals surface area (Å²) in [4.78, 5) is 0. The largest absolute Gasteiger partial charge is 0.392 e. The van der Waals surface area contributed by atoms with Gasteiger partial charge in [0.1, 0.15) is 0 Å². The number of hydrogen-bond acceptors (Lipinski definition) is 2. The zero-order valence-electron chi connectivity index (χ0n) is 10.1. The number of aliphatic hydroxyl groups excluding tert-OH is 1. The summed E-state index contributed by atoms with van der Waals surface area (Å²) in [5, 5.41) is 13.5. The molecule has 15 heavy (non-hydrogen) atoms. The molecule has 0 amide bonds. The van der Waals surface area contributed by atoms with Crippen LogP contribution in [-0.2, 0) is 0 Å². The van der Waals surface area contributed by atoms with Gasteiger partial charge in [-0.2, -0.15) is 0 Å². The average Bonchev–Trinajstić information content (AvgIpc) is 2.57. The summed E-state index contributed by atoms with van der Waals surface area (Å²) in [6.07, 6.45) is 7.26. The van der Waals surface area contributed by atoms with E-state index in [2.05, 4.69) is 19.2 Å². The van der Waals surface area contributed by atoms with E-state index in [1.807, 2.05) is 0 Å². The van der Waals surface area contributed by atoms with E-state index in [4.69, 9.17) is 0 Å². The van der Waals surface area contributed by atoms with E-state index in [1.165, 1.54) is 32.1 Å². The fraction of sp³-hybridized carbons (Fsp3) is 1.00. The van der Waals surface area contributed by atoms with E-state index >= 15 is 0 Å². The molecule has 2 aliphatic rings. The Hall–Kier alpha value is -0.0800. The Labute approximate surface area is 93.5 Å². The van der Waals surface area contributed by atoms with Crippen LogP contribution >= 0.6 is 0 Å². The topological polar surface area (TPSA) is 32.3 Å². The highest BCUT2D eigenvalue weighted by molar-refractivity contribution is 4.89. The summed E-state index contributed by atoms with van der Waals surface area (Å²) in [7, 11) is 0. The van der Waals surface area contributed by atoms with Crippen LogP contribution in [-0.4, -0.2) is 23.3 Å². The maximum atomic E-state index is 9.80. The minimum absolute atomic E-state index is 0.0865. The first-order chi connectivity index (χ1) is 7.16. The monoisotopic (exact) mass is 211 g/mol. The van der Waals surface area contributed by atoms with Crippen molar-refractivity contribution in [2.45, 2.75) is 70.6 Å². The molecular formula is C13H25NO. The molecular weight excluding hydrogens is 186 g/mol. The van der Waals surface area contributed by atoms with Gasteiger partial charge in [-0.25, -0.2) is 0 Å². The van der Waals surface area contributed by atoms with E-state index in [1.54, 1.807) is 0 Å². The van der Waals surface area contributed by atoms with Gasteiger partial charge >= 0.3 is 0 Å². The summed E-state index contributed by atoms with van der Waals surface area (Å²) in [6.45, 7) is 4.71. The third-order valence-electron chi connectivity index (χ3n) is 4.34. The Balaban J connectivity index is 1.83. The van der Waals surface area contributed by atoms with Crippen LogP contribution in [0, 0.1) is 11.8 Å². The molecule has 2 nitrogen and oxygen atoms in total. The lowest BCUT2D eigenvalue weighted by molar-refractivity contribution is 0.124. The van der Waals surface area contributed by atoms with Gasteiger partial charge in [-0.15, -0.1) is 0 Å². The van der Waals surface area contributed by atoms with Gasteiger partial charge in [0.15, 0.2) is 0 Å². The molecule has 2 heteroatoms. The van der Waals surface area contributed by atoms with Crippen LogP contribution in [0.4, 0.5) is 0 Å². The van der Waals surface area contributed by atoms with E-state index in [0.717, 1.165) is 18.3 Å². The second-order valence-electron chi connectivity index (χ2n) is 5.77. The first kappa shape index (κ1) is 11.4. The summed E-state index contributed by atoms with van der Waals surface area (Å²) in [6, 6.07) is 1.03. The van der Waals surface area contributed by atoms with Crippen molar-refractivity contribution < 1.29 is 5.11 Å². The first-order valence-corrected chi connectivity index (χ1v) is 6.61. The van der Waals surface area contributed by atoms with Gasteiger partial charge in [-0.1, -0.05) is 13.8 Å². The maximum Gasteiger partial charge on any atom is 0.0693 e. The van der Waals surface area contributed by atoms with Crippen molar-refractivity contribution in [1.29, 1.82) is 0 Å². The first-order valence-electron chi connectivity index (χ1n) is 6.61. The van der Waals surface area contributed by atoms with Crippen molar-refractivity contribution in [3.63, 3.8) is 0 Å². The van der Waals surface area contributed by atoms with Gasteiger partial charge in [-0.3, -0.25) is 0 Å². The van der Waals surface area contributed by atoms with Gasteiger partial charge in [0.2, 0.25) is 0 Å². The van der Waals surface area contributed by atoms with Crippen LogP contribution in [0.25, 0.3) is 0 Å². The Morgan fingerprint density at radius 1 is 1.00 bits per heavy atom. The molecule has 0 aromatic heterocycles. The molecule has 2 saturated carbocycles. The van der Waals surface area contributed by atoms with Crippen molar-refractivity contribution in [1.82, 2.24) is 5.32 Å². The SMILES string of the molecule is CC1CCC(N[C@@H]2CCC[C@H]2O)C(C)C1. The normalized spacial score (nSPS) is 47.0. The molecule has 2 fully saturated rings. The molecule has 0 saturated heterocycles. The molecule has 0 heterocycles. The molecule has 2 N–H and O–H groups in total. The molecule has 0 radical (unpaired) electrons. The molecule has 0 spiro atoms. The molecule has 88 valence electrons. The highest BCUT2D eigenvalue weighted by atomic mass is 16.3. The molecule has 2 aliphatic carbocycles. The zero-order valence-corrected chi connectivity index (χ0v) is 10.1. The standard InChI is InChI=1S/C13H25NO/c1-9-6-7-11(10(2)8-9)14-12-4-3-5-13(12)15/h9-15H,3-8H2,1-2H3/t9?,10?,11?,12-,13-/m1/s1. The van der Waals surface area contributed by atoms with Crippen LogP contribution in [0.1, 0.15) is 52.4 Å². The number of nitrogens with one attached hydrogen (secondary N) is 1. The zero-order chi connectivity index (χ0) is 10.8. The number of rotatable bonds is 2. The minimum Gasteiger partial charge on any atom is -0.392 e. The predicted octanol–water partition coefficient (Wildman–Crippen LogP) is 2.31. The van der Waals surface area contributed by atoms with E-state index in [9.17, 15) is 5.11 Å². The van der Waals surface area contributed by atoms with E-state index in [0.29, 0.717) is 12.1 Å². The smallest absolute Gasteiger partial charge is 0.0693 e. The van der Waals surface area contributed by atoms with Gasteiger partial charge in [0.05, 0.1) is 6.10 Å². The fourth-order valence-electron chi connectivity index (χ4n) is 3.32. The summed E-state index contributed by atoms with van der Waals surface area (Å²) < 4.78 is 0. The third kappa shape index (κ3) is 2.73. The Morgan fingerprint density at radius 2 is 1.80 bits per heavy atom. The van der Waals surface area contributed by atoms with E-state index in [-0.39, 0.29) is 6.10 Å². The lowest BCUT2D eigenvalue weighted by atomic mass is 9.79. The summed E-state index contributed by atoms with van der Waals surface area (Å²) >= 11 is 0. The highest BCUT2D eigenvalue weighted by Gasteiger charge is 2.31. The lowest BCUT2D eigenvalue weighted by Gasteiger charge is -2.35. The van der Waals surface area contributed by atoms with Gasteiger partial charge in [0.25, 0.3) is 0 Å². The molecule has 0 aromatic carbocycles. The van der Waals surface area contributed by atoms with Gasteiger partial charge in [0, 0.05) is 12.1 Å². The molecule has 0 bridgehead atoms. The predicted molar refractivity (Wildman–Crippen MR) is 62.7 cm³/mol. The number of hydrogen-bond donors (Lipinski definition) is 2. The van der Waals surface area contributed by atoms with Crippen LogP contribution < -0.4 is 5.32 Å². The third-order valence-corrected chi connectivity index (χ3v) is 4.34. The summed E-state index contributed by atoms with van der Waals surface area (Å²) in [5.41, 5.74) is 0. The van der Waals surface area contributed by atoms with E-state index < -0.39 is 0 Å².